The van der Waals surface area contributed by atoms with Gasteiger partial charge in [0.25, 0.3) is 5.56 Å². The molecule has 1 aliphatic rings. The summed E-state index contributed by atoms with van der Waals surface area (Å²) in [6, 6.07) is 2.22. The van der Waals surface area contributed by atoms with Gasteiger partial charge in [-0.1, -0.05) is 6.42 Å². The van der Waals surface area contributed by atoms with Gasteiger partial charge < -0.3 is 5.73 Å². The van der Waals surface area contributed by atoms with Crippen molar-refractivity contribution in [1.29, 1.82) is 0 Å². The Morgan fingerprint density at radius 3 is 3.14 bits per heavy atom. The molecule has 0 amide bonds. The average molecular weight is 306 g/mol. The predicted molar refractivity (Wildman–Crippen MR) is 85.8 cm³/mol. The van der Waals surface area contributed by atoms with E-state index in [0.29, 0.717) is 6.04 Å². The van der Waals surface area contributed by atoms with Crippen LogP contribution in [0.5, 0.6) is 0 Å². The van der Waals surface area contributed by atoms with Crippen molar-refractivity contribution in [1.82, 2.24) is 14.3 Å². The maximum absolute atomic E-state index is 12.2. The van der Waals surface area contributed by atoms with E-state index >= 15 is 0 Å². The summed E-state index contributed by atoms with van der Waals surface area (Å²) in [7, 11) is 0. The number of nitrogens with zero attached hydrogens (tertiary/aromatic N) is 3. The fourth-order valence-corrected chi connectivity index (χ4v) is 4.07. The van der Waals surface area contributed by atoms with Gasteiger partial charge in [-0.2, -0.15) is 0 Å². The van der Waals surface area contributed by atoms with Gasteiger partial charge in [0.15, 0.2) is 4.96 Å². The molecule has 3 heterocycles. The molecule has 2 aromatic rings. The molecule has 0 saturated carbocycles. The summed E-state index contributed by atoms with van der Waals surface area (Å²) in [4.78, 5) is 20.1. The molecular weight excluding hydrogens is 284 g/mol. The molecule has 0 spiro atoms. The molecule has 1 unspecified atom stereocenters. The first-order valence-corrected chi connectivity index (χ1v) is 8.48. The summed E-state index contributed by atoms with van der Waals surface area (Å²) in [5.41, 5.74) is 7.59. The highest BCUT2D eigenvalue weighted by atomic mass is 32.1. The zero-order valence-corrected chi connectivity index (χ0v) is 13.2. The smallest absolute Gasteiger partial charge is 0.259 e. The number of hydrogen-bond donors (Lipinski definition) is 1. The van der Waals surface area contributed by atoms with Crippen molar-refractivity contribution in [2.75, 3.05) is 13.1 Å². The maximum atomic E-state index is 12.2. The van der Waals surface area contributed by atoms with E-state index in [1.54, 1.807) is 10.5 Å². The van der Waals surface area contributed by atoms with Crippen molar-refractivity contribution in [3.63, 3.8) is 0 Å². The van der Waals surface area contributed by atoms with Gasteiger partial charge in [0.1, 0.15) is 0 Å². The second-order valence-corrected chi connectivity index (χ2v) is 6.61. The van der Waals surface area contributed by atoms with Crippen LogP contribution in [0.15, 0.2) is 16.2 Å². The largest absolute Gasteiger partial charge is 0.330 e. The molecule has 5 nitrogen and oxygen atoms in total. The molecule has 2 N–H and O–H groups in total. The molecule has 0 radical (unpaired) electrons. The van der Waals surface area contributed by atoms with E-state index in [4.69, 9.17) is 5.73 Å². The Kier molecular flexibility index (Phi) is 4.37. The Balaban J connectivity index is 1.85. The summed E-state index contributed by atoms with van der Waals surface area (Å²) in [6.07, 6.45) is 4.73. The second kappa shape index (κ2) is 6.25. The third kappa shape index (κ3) is 3.02. The molecule has 0 bridgehead atoms. The lowest BCUT2D eigenvalue weighted by atomic mass is 9.99. The van der Waals surface area contributed by atoms with Crippen molar-refractivity contribution in [3.05, 3.63) is 33.2 Å². The molecule has 1 fully saturated rings. The summed E-state index contributed by atoms with van der Waals surface area (Å²) in [5.74, 6) is 0. The second-order valence-electron chi connectivity index (χ2n) is 5.78. The van der Waals surface area contributed by atoms with E-state index in [2.05, 4.69) is 9.88 Å². The lowest BCUT2D eigenvalue weighted by molar-refractivity contribution is 0.132. The molecular formula is C15H22N4OS. The van der Waals surface area contributed by atoms with Crippen LogP contribution in [-0.4, -0.2) is 33.4 Å². The van der Waals surface area contributed by atoms with Crippen LogP contribution in [0.3, 0.4) is 0 Å². The number of rotatable bonds is 4. The van der Waals surface area contributed by atoms with Crippen molar-refractivity contribution in [2.24, 2.45) is 5.73 Å². The van der Waals surface area contributed by atoms with Crippen LogP contribution in [0.2, 0.25) is 0 Å². The Morgan fingerprint density at radius 1 is 1.48 bits per heavy atom. The summed E-state index contributed by atoms with van der Waals surface area (Å²) in [5, 5.41) is 1.98. The molecule has 0 aliphatic carbocycles. The van der Waals surface area contributed by atoms with E-state index in [9.17, 15) is 4.79 Å². The molecule has 1 saturated heterocycles. The number of thiazole rings is 1. The highest BCUT2D eigenvalue weighted by molar-refractivity contribution is 7.15. The Bertz CT molecular complexity index is 676. The Morgan fingerprint density at radius 2 is 2.33 bits per heavy atom. The van der Waals surface area contributed by atoms with Crippen LogP contribution in [-0.2, 0) is 6.54 Å². The van der Waals surface area contributed by atoms with Crippen LogP contribution >= 0.6 is 11.3 Å². The van der Waals surface area contributed by atoms with Gasteiger partial charge in [0.2, 0.25) is 0 Å². The lowest BCUT2D eigenvalue weighted by Crippen LogP contribution is -2.40. The number of hydrogen-bond acceptors (Lipinski definition) is 5. The minimum Gasteiger partial charge on any atom is -0.330 e. The quantitative estimate of drug-likeness (QED) is 0.935. The predicted octanol–water partition coefficient (Wildman–Crippen LogP) is 1.77. The van der Waals surface area contributed by atoms with Crippen LogP contribution in [0, 0.1) is 6.92 Å². The van der Waals surface area contributed by atoms with E-state index in [1.807, 2.05) is 12.3 Å². The summed E-state index contributed by atoms with van der Waals surface area (Å²) >= 11 is 1.53. The zero-order valence-electron chi connectivity index (χ0n) is 12.4. The van der Waals surface area contributed by atoms with Crippen LogP contribution in [0.4, 0.5) is 0 Å². The van der Waals surface area contributed by atoms with Gasteiger partial charge in [-0.15, -0.1) is 11.3 Å². The number of aryl methyl sites for hydroxylation is 1. The van der Waals surface area contributed by atoms with Gasteiger partial charge in [-0.3, -0.25) is 14.1 Å². The molecule has 1 aliphatic heterocycles. The van der Waals surface area contributed by atoms with Gasteiger partial charge in [-0.05, 0) is 39.3 Å². The molecule has 2 aromatic heterocycles. The molecule has 1 atom stereocenters. The van der Waals surface area contributed by atoms with E-state index in [0.717, 1.165) is 42.4 Å². The topological polar surface area (TPSA) is 63.6 Å². The molecule has 6 heteroatoms. The van der Waals surface area contributed by atoms with Gasteiger partial charge in [-0.25, -0.2) is 4.98 Å². The first-order chi connectivity index (χ1) is 10.2. The van der Waals surface area contributed by atoms with Crippen LogP contribution in [0.25, 0.3) is 4.96 Å². The van der Waals surface area contributed by atoms with E-state index < -0.39 is 0 Å². The zero-order chi connectivity index (χ0) is 14.8. The minimum absolute atomic E-state index is 0.0288. The van der Waals surface area contributed by atoms with Crippen molar-refractivity contribution < 1.29 is 0 Å². The van der Waals surface area contributed by atoms with Gasteiger partial charge in [0, 0.05) is 29.7 Å². The van der Waals surface area contributed by atoms with Crippen LogP contribution < -0.4 is 11.3 Å². The molecule has 3 rings (SSSR count). The molecule has 0 aromatic carbocycles. The minimum atomic E-state index is 0.0288. The van der Waals surface area contributed by atoms with Crippen molar-refractivity contribution >= 4 is 16.3 Å². The van der Waals surface area contributed by atoms with Gasteiger partial charge in [0.05, 0.1) is 5.69 Å². The van der Waals surface area contributed by atoms with Crippen molar-refractivity contribution in [2.45, 2.75) is 45.2 Å². The third-order valence-electron chi connectivity index (χ3n) is 4.24. The first kappa shape index (κ1) is 14.7. The summed E-state index contributed by atoms with van der Waals surface area (Å²) in [6.45, 7) is 4.50. The third-order valence-corrected chi connectivity index (χ3v) is 5.19. The first-order valence-electron chi connectivity index (χ1n) is 7.60. The Labute approximate surface area is 128 Å². The standard InChI is InChI=1S/C15H22N4OS/c1-11-10-21-15-17-12(8-14(20)19(11)15)9-18-7-3-2-4-13(18)5-6-16/h8,10,13H,2-7,9,16H2,1H3. The lowest BCUT2D eigenvalue weighted by Gasteiger charge is -2.35. The Hall–Kier alpha value is -1.24. The highest BCUT2D eigenvalue weighted by Crippen LogP contribution is 2.21. The molecule has 114 valence electrons. The fraction of sp³-hybridized carbons (Fsp3) is 0.600. The number of fused-ring (bicyclic) bond motifs is 1. The summed E-state index contributed by atoms with van der Waals surface area (Å²) < 4.78 is 1.68. The fourth-order valence-electron chi connectivity index (χ4n) is 3.18. The SMILES string of the molecule is Cc1csc2nc(CN3CCCCC3CCN)cc(=O)n12. The van der Waals surface area contributed by atoms with Crippen molar-refractivity contribution in [3.8, 4) is 0 Å². The maximum Gasteiger partial charge on any atom is 0.259 e. The monoisotopic (exact) mass is 306 g/mol. The number of likely N-dealkylation sites (tertiary alicyclic amines) is 1. The van der Waals surface area contributed by atoms with E-state index in [1.165, 1.54) is 30.6 Å². The number of aromatic nitrogens is 2. The van der Waals surface area contributed by atoms with Crippen LogP contribution in [0.1, 0.15) is 37.1 Å². The van der Waals surface area contributed by atoms with E-state index in [-0.39, 0.29) is 5.56 Å². The number of nitrogens with two attached hydrogens (primary N) is 1. The van der Waals surface area contributed by atoms with Gasteiger partial charge >= 0.3 is 0 Å². The average Bonchev–Trinajstić information content (AvgIpc) is 2.83. The number of piperidine rings is 1. The normalized spacial score (nSPS) is 20.2. The molecule has 21 heavy (non-hydrogen) atoms. The highest BCUT2D eigenvalue weighted by Gasteiger charge is 2.22.